The van der Waals surface area contributed by atoms with Gasteiger partial charge in [0, 0.05) is 63.8 Å². The molecule has 0 bridgehead atoms. The van der Waals surface area contributed by atoms with Gasteiger partial charge in [-0.25, -0.2) is 4.79 Å². The lowest BCUT2D eigenvalue weighted by Crippen LogP contribution is -2.42. The highest BCUT2D eigenvalue weighted by Crippen LogP contribution is 2.29. The number of urea groups is 1. The number of ether oxygens (including phenoxy) is 1. The summed E-state index contributed by atoms with van der Waals surface area (Å²) in [7, 11) is 0. The number of carbonyl (C=O) groups excluding carboxylic acids is 1. The molecule has 7 heteroatoms. The highest BCUT2D eigenvalue weighted by Gasteiger charge is 2.14. The maximum atomic E-state index is 12.2. The Morgan fingerprint density at radius 3 is 2.33 bits per heavy atom. The van der Waals surface area contributed by atoms with E-state index in [0.717, 1.165) is 50.5 Å². The number of pyridine rings is 1. The van der Waals surface area contributed by atoms with Crippen LogP contribution in [-0.2, 0) is 19.5 Å². The third-order valence-electron chi connectivity index (χ3n) is 6.86. The molecule has 2 heterocycles. The molecule has 1 aromatic heterocycles. The van der Waals surface area contributed by atoms with Crippen molar-refractivity contribution in [2.45, 2.75) is 19.5 Å². The average Bonchev–Trinajstić information content (AvgIpc) is 2.99. The van der Waals surface area contributed by atoms with Crippen molar-refractivity contribution in [1.82, 2.24) is 20.5 Å². The van der Waals surface area contributed by atoms with Gasteiger partial charge in [-0.3, -0.25) is 9.88 Å². The van der Waals surface area contributed by atoms with Crippen LogP contribution in [0.15, 0.2) is 97.3 Å². The molecule has 1 saturated heterocycles. The Bertz CT molecular complexity index is 1340. The van der Waals surface area contributed by atoms with Crippen molar-refractivity contribution < 1.29 is 9.53 Å². The maximum absolute atomic E-state index is 12.2. The molecule has 2 amide bonds. The first-order chi connectivity index (χ1) is 19.2. The zero-order valence-electron chi connectivity index (χ0n) is 22.1. The summed E-state index contributed by atoms with van der Waals surface area (Å²) < 4.78 is 6.07. The topological polar surface area (TPSA) is 78.5 Å². The molecule has 0 spiro atoms. The van der Waals surface area contributed by atoms with E-state index in [1.54, 1.807) is 12.4 Å². The van der Waals surface area contributed by atoms with Crippen molar-refractivity contribution in [2.75, 3.05) is 38.1 Å². The first-order valence-electron chi connectivity index (χ1n) is 13.5. The first kappa shape index (κ1) is 26.4. The van der Waals surface area contributed by atoms with Gasteiger partial charge in [-0.05, 0) is 58.1 Å². The average molecular weight is 522 g/mol. The summed E-state index contributed by atoms with van der Waals surface area (Å²) in [6.07, 6.45) is 4.24. The van der Waals surface area contributed by atoms with Crippen LogP contribution in [0.4, 0.5) is 10.5 Å². The molecule has 7 nitrogen and oxygen atoms in total. The minimum Gasteiger partial charge on any atom is -0.493 e. The van der Waals surface area contributed by atoms with E-state index in [9.17, 15) is 4.79 Å². The van der Waals surface area contributed by atoms with Gasteiger partial charge in [-0.2, -0.15) is 0 Å². The molecule has 1 aliphatic rings. The molecule has 0 unspecified atom stereocenters. The van der Waals surface area contributed by atoms with Gasteiger partial charge in [0.15, 0.2) is 0 Å². The molecule has 1 aliphatic heterocycles. The Morgan fingerprint density at radius 1 is 0.872 bits per heavy atom. The second kappa shape index (κ2) is 13.6. The second-order valence-corrected chi connectivity index (χ2v) is 9.63. The van der Waals surface area contributed by atoms with Crippen LogP contribution < -0.4 is 20.7 Å². The van der Waals surface area contributed by atoms with E-state index in [2.05, 4.69) is 74.4 Å². The smallest absolute Gasteiger partial charge is 0.319 e. The number of amides is 2. The molecule has 3 aromatic carbocycles. The molecule has 0 radical (unpaired) electrons. The van der Waals surface area contributed by atoms with Crippen LogP contribution in [0.25, 0.3) is 11.1 Å². The van der Waals surface area contributed by atoms with Gasteiger partial charge in [-0.15, -0.1) is 0 Å². The summed E-state index contributed by atoms with van der Waals surface area (Å²) in [4.78, 5) is 18.8. The van der Waals surface area contributed by atoms with E-state index in [0.29, 0.717) is 18.8 Å². The fraction of sp³-hybridized carbons (Fsp3) is 0.250. The zero-order chi connectivity index (χ0) is 26.7. The molecule has 4 aromatic rings. The number of nitrogens with one attached hydrogen (secondary N) is 3. The Kier molecular flexibility index (Phi) is 9.18. The monoisotopic (exact) mass is 521 g/mol. The van der Waals surface area contributed by atoms with Crippen LogP contribution in [0.1, 0.15) is 16.7 Å². The molecular weight excluding hydrogens is 486 g/mol. The van der Waals surface area contributed by atoms with Gasteiger partial charge < -0.3 is 20.7 Å². The number of piperazine rings is 1. The number of hydrogen-bond donors (Lipinski definition) is 3. The van der Waals surface area contributed by atoms with Gasteiger partial charge >= 0.3 is 6.03 Å². The molecular formula is C32H35N5O2. The Hall–Kier alpha value is -4.20. The van der Waals surface area contributed by atoms with E-state index in [-0.39, 0.29) is 6.03 Å². The first-order valence-corrected chi connectivity index (χ1v) is 13.5. The number of carbonyl (C=O) groups is 1. The van der Waals surface area contributed by atoms with Crippen molar-refractivity contribution in [1.29, 1.82) is 0 Å². The molecule has 1 fully saturated rings. The molecule has 5 rings (SSSR count). The summed E-state index contributed by atoms with van der Waals surface area (Å²) in [6, 6.07) is 28.3. The Labute approximate surface area is 230 Å². The zero-order valence-corrected chi connectivity index (χ0v) is 22.1. The van der Waals surface area contributed by atoms with E-state index >= 15 is 0 Å². The minimum absolute atomic E-state index is 0.263. The van der Waals surface area contributed by atoms with E-state index in [1.165, 1.54) is 22.3 Å². The van der Waals surface area contributed by atoms with Gasteiger partial charge in [0.1, 0.15) is 5.75 Å². The summed E-state index contributed by atoms with van der Waals surface area (Å²) in [5.74, 6) is 0.771. The summed E-state index contributed by atoms with van der Waals surface area (Å²) in [5.41, 5.74) is 6.85. The van der Waals surface area contributed by atoms with Crippen molar-refractivity contribution in [2.24, 2.45) is 0 Å². The quantitative estimate of drug-likeness (QED) is 0.271. The number of benzene rings is 3. The fourth-order valence-corrected chi connectivity index (χ4v) is 4.81. The third-order valence-corrected chi connectivity index (χ3v) is 6.86. The van der Waals surface area contributed by atoms with Crippen LogP contribution in [0, 0.1) is 0 Å². The largest absolute Gasteiger partial charge is 0.493 e. The van der Waals surface area contributed by atoms with Crippen LogP contribution in [-0.4, -0.2) is 48.7 Å². The van der Waals surface area contributed by atoms with Crippen LogP contribution in [0.5, 0.6) is 5.75 Å². The maximum Gasteiger partial charge on any atom is 0.319 e. The highest BCUT2D eigenvalue weighted by atomic mass is 16.5. The summed E-state index contributed by atoms with van der Waals surface area (Å²) >= 11 is 0. The fourth-order valence-electron chi connectivity index (χ4n) is 4.81. The molecule has 3 N–H and O–H groups in total. The Balaban J connectivity index is 1.15. The van der Waals surface area contributed by atoms with Crippen molar-refractivity contribution in [3.63, 3.8) is 0 Å². The lowest BCUT2D eigenvalue weighted by atomic mass is 9.94. The number of anilines is 1. The summed E-state index contributed by atoms with van der Waals surface area (Å²) in [6.45, 7) is 6.20. The van der Waals surface area contributed by atoms with E-state index < -0.39 is 0 Å². The predicted molar refractivity (Wildman–Crippen MR) is 156 cm³/mol. The highest BCUT2D eigenvalue weighted by molar-refractivity contribution is 5.89. The number of aromatic nitrogens is 1. The van der Waals surface area contributed by atoms with Crippen molar-refractivity contribution >= 4 is 11.7 Å². The lowest BCUT2D eigenvalue weighted by molar-refractivity contribution is 0.233. The van der Waals surface area contributed by atoms with Crippen LogP contribution in [0.2, 0.25) is 0 Å². The van der Waals surface area contributed by atoms with Crippen molar-refractivity contribution in [3.8, 4) is 16.9 Å². The predicted octanol–water partition coefficient (Wildman–Crippen LogP) is 5.10. The second-order valence-electron chi connectivity index (χ2n) is 9.63. The number of rotatable bonds is 10. The number of nitrogens with zero attached hydrogens (tertiary/aromatic N) is 2. The lowest BCUT2D eigenvalue weighted by Gasteiger charge is -2.28. The third kappa shape index (κ3) is 7.66. The van der Waals surface area contributed by atoms with Crippen LogP contribution >= 0.6 is 0 Å². The van der Waals surface area contributed by atoms with E-state index in [4.69, 9.17) is 4.74 Å². The number of hydrogen-bond acceptors (Lipinski definition) is 5. The van der Waals surface area contributed by atoms with Gasteiger partial charge in [-0.1, -0.05) is 54.6 Å². The standard InChI is InChI=1S/C32H35N5O2/c38-32(35-23-25-6-5-16-34-22-25)36-28-11-13-29(14-12-28)39-21-15-26-7-1-3-9-30(26)31-10-4-2-8-27(31)24-37-19-17-33-18-20-37/h1-14,16,22,33H,15,17-21,23-24H2,(H2,35,36,38). The summed E-state index contributed by atoms with van der Waals surface area (Å²) in [5, 5.41) is 9.12. The SMILES string of the molecule is O=C(NCc1cccnc1)Nc1ccc(OCCc2ccccc2-c2ccccc2CN2CCNCC2)cc1. The minimum atomic E-state index is -0.263. The van der Waals surface area contributed by atoms with Crippen LogP contribution in [0.3, 0.4) is 0 Å². The molecule has 0 saturated carbocycles. The molecule has 0 atom stereocenters. The van der Waals surface area contributed by atoms with E-state index in [1.807, 2.05) is 36.4 Å². The van der Waals surface area contributed by atoms with Gasteiger partial charge in [0.2, 0.25) is 0 Å². The molecule has 200 valence electrons. The molecule has 0 aliphatic carbocycles. The van der Waals surface area contributed by atoms with Gasteiger partial charge in [0.05, 0.1) is 6.61 Å². The Morgan fingerprint density at radius 2 is 1.59 bits per heavy atom. The normalized spacial score (nSPS) is 13.5. The van der Waals surface area contributed by atoms with Crippen molar-refractivity contribution in [3.05, 3.63) is 114 Å². The van der Waals surface area contributed by atoms with Gasteiger partial charge in [0.25, 0.3) is 0 Å². The molecule has 39 heavy (non-hydrogen) atoms.